The summed E-state index contributed by atoms with van der Waals surface area (Å²) in [5.74, 6) is -0.374. The molecule has 4 rings (SSSR count). The Kier molecular flexibility index (Phi) is 4.93. The molecule has 1 N–H and O–H groups in total. The highest BCUT2D eigenvalue weighted by Crippen LogP contribution is 2.40. The standard InChI is InChI=1S/C18H17F3N4O3S/c19-18(20,21)14-9-22-17(29-14)23-10-4-3-5-11(8-10)24-15(25(27)28)12-6-1-2-7-13(12)16(24)26/h1-2,6-7,9-11,15H,3-5,8H2,(H,22,23)/t10-,11+,15?/m1/s1. The lowest BCUT2D eigenvalue weighted by molar-refractivity contribution is -0.553. The number of halogens is 3. The number of carbonyl (C=O) groups is 1. The highest BCUT2D eigenvalue weighted by Gasteiger charge is 2.48. The van der Waals surface area contributed by atoms with Crippen LogP contribution in [0.1, 0.15) is 52.6 Å². The lowest BCUT2D eigenvalue weighted by atomic mass is 9.90. The van der Waals surface area contributed by atoms with Crippen LogP contribution in [0.3, 0.4) is 0 Å². The van der Waals surface area contributed by atoms with Gasteiger partial charge in [-0.1, -0.05) is 23.5 Å². The van der Waals surface area contributed by atoms with E-state index >= 15 is 0 Å². The molecule has 3 atom stereocenters. The molecular formula is C18H17F3N4O3S. The second-order valence-electron chi connectivity index (χ2n) is 7.15. The summed E-state index contributed by atoms with van der Waals surface area (Å²) in [6, 6.07) is 5.92. The van der Waals surface area contributed by atoms with Gasteiger partial charge < -0.3 is 5.32 Å². The first kappa shape index (κ1) is 19.6. The minimum Gasteiger partial charge on any atom is -0.359 e. The topological polar surface area (TPSA) is 88.4 Å². The van der Waals surface area contributed by atoms with Crippen LogP contribution in [0.4, 0.5) is 18.3 Å². The van der Waals surface area contributed by atoms with Gasteiger partial charge in [-0.3, -0.25) is 19.8 Å². The lowest BCUT2D eigenvalue weighted by Gasteiger charge is -2.35. The molecule has 1 aliphatic carbocycles. The van der Waals surface area contributed by atoms with Crippen molar-refractivity contribution >= 4 is 22.4 Å². The maximum absolute atomic E-state index is 12.9. The van der Waals surface area contributed by atoms with E-state index in [9.17, 15) is 28.1 Å². The zero-order valence-corrected chi connectivity index (χ0v) is 15.9. The molecule has 0 radical (unpaired) electrons. The highest BCUT2D eigenvalue weighted by molar-refractivity contribution is 7.15. The molecule has 1 fully saturated rings. The van der Waals surface area contributed by atoms with E-state index in [1.165, 1.54) is 4.90 Å². The molecule has 11 heteroatoms. The summed E-state index contributed by atoms with van der Waals surface area (Å²) in [6.07, 6.45) is -2.49. The van der Waals surface area contributed by atoms with Crippen LogP contribution < -0.4 is 5.32 Å². The third kappa shape index (κ3) is 3.66. The SMILES string of the molecule is O=C1c2ccccc2C([N+](=O)[O-])N1[C@H]1CCC[C@@H](Nc2ncc(C(F)(F)F)s2)C1. The fourth-order valence-corrected chi connectivity index (χ4v) is 4.85. The van der Waals surface area contributed by atoms with Gasteiger partial charge in [0.1, 0.15) is 4.88 Å². The van der Waals surface area contributed by atoms with Crippen LogP contribution in [-0.4, -0.2) is 32.8 Å². The molecule has 7 nitrogen and oxygen atoms in total. The van der Waals surface area contributed by atoms with Gasteiger partial charge in [-0.15, -0.1) is 0 Å². The highest BCUT2D eigenvalue weighted by atomic mass is 32.1. The number of amides is 1. The Labute approximate surface area is 167 Å². The zero-order chi connectivity index (χ0) is 20.8. The number of nitrogens with zero attached hydrogens (tertiary/aromatic N) is 3. The number of carbonyl (C=O) groups excluding carboxylic acids is 1. The summed E-state index contributed by atoms with van der Waals surface area (Å²) in [4.78, 5) is 28.4. The first-order valence-electron chi connectivity index (χ1n) is 9.10. The summed E-state index contributed by atoms with van der Waals surface area (Å²) >= 11 is 0.527. The largest absolute Gasteiger partial charge is 0.427 e. The normalized spacial score (nSPS) is 24.4. The van der Waals surface area contributed by atoms with Crippen LogP contribution in [0, 0.1) is 10.1 Å². The quantitative estimate of drug-likeness (QED) is 0.581. The van der Waals surface area contributed by atoms with Crippen LogP contribution >= 0.6 is 11.3 Å². The maximum atomic E-state index is 12.9. The number of alkyl halides is 3. The number of nitrogens with one attached hydrogen (secondary N) is 1. The van der Waals surface area contributed by atoms with Crippen molar-refractivity contribution in [3.05, 3.63) is 56.6 Å². The molecule has 1 aromatic heterocycles. The summed E-state index contributed by atoms with van der Waals surface area (Å²) < 4.78 is 38.3. The number of anilines is 1. The van der Waals surface area contributed by atoms with Crippen molar-refractivity contribution < 1.29 is 22.9 Å². The molecular weight excluding hydrogens is 409 g/mol. The summed E-state index contributed by atoms with van der Waals surface area (Å²) in [5.41, 5.74) is 0.714. The number of hydrogen-bond donors (Lipinski definition) is 1. The van der Waals surface area contributed by atoms with Crippen molar-refractivity contribution in [1.29, 1.82) is 0 Å². The minimum absolute atomic E-state index is 0.157. The van der Waals surface area contributed by atoms with Crippen molar-refractivity contribution in [2.24, 2.45) is 0 Å². The number of nitro groups is 1. The number of hydrogen-bond acceptors (Lipinski definition) is 6. The molecule has 1 unspecified atom stereocenters. The third-order valence-corrected chi connectivity index (χ3v) is 6.29. The summed E-state index contributed by atoms with van der Waals surface area (Å²) in [5, 5.41) is 14.9. The van der Waals surface area contributed by atoms with E-state index in [2.05, 4.69) is 10.3 Å². The Morgan fingerprint density at radius 1 is 1.28 bits per heavy atom. The molecule has 1 aliphatic heterocycles. The number of aromatic nitrogens is 1. The van der Waals surface area contributed by atoms with Crippen molar-refractivity contribution in [3.8, 4) is 0 Å². The Morgan fingerprint density at radius 3 is 2.72 bits per heavy atom. The molecule has 1 saturated carbocycles. The number of thiazole rings is 1. The predicted octanol–water partition coefficient (Wildman–Crippen LogP) is 4.32. The second-order valence-corrected chi connectivity index (χ2v) is 8.18. The lowest BCUT2D eigenvalue weighted by Crippen LogP contribution is -2.45. The minimum atomic E-state index is -4.45. The Bertz CT molecular complexity index is 948. The third-order valence-electron chi connectivity index (χ3n) is 5.32. The van der Waals surface area contributed by atoms with Gasteiger partial charge in [0, 0.05) is 12.1 Å². The van der Waals surface area contributed by atoms with E-state index in [1.807, 2.05) is 0 Å². The average Bonchev–Trinajstić information content (AvgIpc) is 3.25. The first-order valence-corrected chi connectivity index (χ1v) is 9.92. The molecule has 2 heterocycles. The van der Waals surface area contributed by atoms with Gasteiger partial charge >= 0.3 is 12.3 Å². The van der Waals surface area contributed by atoms with Crippen LogP contribution in [0.15, 0.2) is 30.5 Å². The molecule has 0 spiro atoms. The molecule has 154 valence electrons. The Morgan fingerprint density at radius 2 is 2.03 bits per heavy atom. The summed E-state index contributed by atoms with van der Waals surface area (Å²) in [6.45, 7) is 0. The molecule has 1 aromatic carbocycles. The van der Waals surface area contributed by atoms with Crippen molar-refractivity contribution in [2.75, 3.05) is 5.32 Å². The van der Waals surface area contributed by atoms with E-state index in [0.717, 1.165) is 6.20 Å². The van der Waals surface area contributed by atoms with E-state index in [1.54, 1.807) is 24.3 Å². The maximum Gasteiger partial charge on any atom is 0.427 e. The molecule has 0 bridgehead atoms. The van der Waals surface area contributed by atoms with Crippen LogP contribution in [0.2, 0.25) is 0 Å². The van der Waals surface area contributed by atoms with Gasteiger partial charge in [-0.25, -0.2) is 4.98 Å². The molecule has 0 saturated heterocycles. The smallest absolute Gasteiger partial charge is 0.359 e. The molecule has 29 heavy (non-hydrogen) atoms. The van der Waals surface area contributed by atoms with Crippen molar-refractivity contribution in [1.82, 2.24) is 9.88 Å². The zero-order valence-electron chi connectivity index (χ0n) is 15.1. The number of fused-ring (bicyclic) bond motifs is 1. The average molecular weight is 426 g/mol. The Balaban J connectivity index is 1.52. The molecule has 2 aromatic rings. The number of benzene rings is 1. The Hall–Kier alpha value is -2.69. The van der Waals surface area contributed by atoms with Gasteiger partial charge in [-0.2, -0.15) is 13.2 Å². The van der Waals surface area contributed by atoms with Gasteiger partial charge in [0.25, 0.3) is 5.91 Å². The predicted molar refractivity (Wildman–Crippen MR) is 99.1 cm³/mol. The van der Waals surface area contributed by atoms with E-state index < -0.39 is 22.1 Å². The van der Waals surface area contributed by atoms with Crippen LogP contribution in [0.5, 0.6) is 0 Å². The van der Waals surface area contributed by atoms with Gasteiger partial charge in [-0.05, 0) is 37.8 Å². The fourth-order valence-electron chi connectivity index (χ4n) is 4.09. The molecule has 1 amide bonds. The second kappa shape index (κ2) is 7.29. The van der Waals surface area contributed by atoms with E-state index in [0.29, 0.717) is 48.1 Å². The van der Waals surface area contributed by atoms with Crippen molar-refractivity contribution in [3.63, 3.8) is 0 Å². The monoisotopic (exact) mass is 426 g/mol. The number of rotatable bonds is 4. The first-order chi connectivity index (χ1) is 13.8. The summed E-state index contributed by atoms with van der Waals surface area (Å²) in [7, 11) is 0. The van der Waals surface area contributed by atoms with Gasteiger partial charge in [0.2, 0.25) is 0 Å². The fraction of sp³-hybridized carbons (Fsp3) is 0.444. The van der Waals surface area contributed by atoms with Crippen molar-refractivity contribution in [2.45, 2.75) is 50.1 Å². The van der Waals surface area contributed by atoms with E-state index in [4.69, 9.17) is 0 Å². The van der Waals surface area contributed by atoms with Crippen LogP contribution in [-0.2, 0) is 6.18 Å². The van der Waals surface area contributed by atoms with Crippen LogP contribution in [0.25, 0.3) is 0 Å². The van der Waals surface area contributed by atoms with Gasteiger partial charge in [0.05, 0.1) is 22.2 Å². The molecule has 2 aliphatic rings. The van der Waals surface area contributed by atoms with E-state index in [-0.39, 0.29) is 23.1 Å². The van der Waals surface area contributed by atoms with Gasteiger partial charge in [0.15, 0.2) is 5.13 Å².